The molecule has 122 valence electrons. The van der Waals surface area contributed by atoms with E-state index >= 15 is 0 Å². The van der Waals surface area contributed by atoms with Crippen molar-refractivity contribution in [2.45, 2.75) is 26.3 Å². The number of ether oxygens (including phenoxy) is 2. The zero-order valence-electron chi connectivity index (χ0n) is 13.2. The maximum atomic E-state index is 11.9. The van der Waals surface area contributed by atoms with Crippen LogP contribution in [0.3, 0.4) is 0 Å². The number of hydrogen-bond acceptors (Lipinski definition) is 4. The first-order chi connectivity index (χ1) is 10.4. The third kappa shape index (κ3) is 5.55. The van der Waals surface area contributed by atoms with Crippen molar-refractivity contribution in [2.75, 3.05) is 20.8 Å². The molecular weight excluding hydrogens is 352 g/mol. The lowest BCUT2D eigenvalue weighted by atomic mass is 10.1. The van der Waals surface area contributed by atoms with Gasteiger partial charge in [0.15, 0.2) is 11.5 Å². The zero-order valence-corrected chi connectivity index (χ0v) is 14.7. The molecule has 1 aromatic rings. The van der Waals surface area contributed by atoms with E-state index < -0.39 is 0 Å². The van der Waals surface area contributed by atoms with Crippen molar-refractivity contribution in [3.05, 3.63) is 22.2 Å². The van der Waals surface area contributed by atoms with Gasteiger partial charge >= 0.3 is 0 Å². The van der Waals surface area contributed by atoms with E-state index in [-0.39, 0.29) is 30.8 Å². The van der Waals surface area contributed by atoms with Gasteiger partial charge in [-0.1, -0.05) is 15.9 Å². The number of hydrogen-bond donors (Lipinski definition) is 2. The summed E-state index contributed by atoms with van der Waals surface area (Å²) in [6, 6.07) is 3.52. The lowest BCUT2D eigenvalue weighted by Crippen LogP contribution is -2.40. The average molecular weight is 373 g/mol. The highest BCUT2D eigenvalue weighted by molar-refractivity contribution is 9.10. The van der Waals surface area contributed by atoms with Crippen LogP contribution in [-0.4, -0.2) is 38.6 Å². The van der Waals surface area contributed by atoms with Crippen LogP contribution in [0, 0.1) is 0 Å². The summed E-state index contributed by atoms with van der Waals surface area (Å²) >= 11 is 3.40. The van der Waals surface area contributed by atoms with Crippen molar-refractivity contribution in [3.8, 4) is 11.5 Å². The first-order valence-electron chi connectivity index (χ1n) is 6.83. The Kier molecular flexibility index (Phi) is 7.17. The second kappa shape index (κ2) is 8.63. The van der Waals surface area contributed by atoms with Crippen molar-refractivity contribution < 1.29 is 19.1 Å². The standard InChI is InChI=1S/C15H21BrN2O4/c1-9(2)18-15(20)8-17-14(19)6-10-5-12(21-3)13(22-4)7-11(10)16/h5,7,9H,6,8H2,1-4H3,(H,17,19)(H,18,20). The fourth-order valence-electron chi connectivity index (χ4n) is 1.82. The van der Waals surface area contributed by atoms with Gasteiger partial charge in [-0.3, -0.25) is 9.59 Å². The number of methoxy groups -OCH3 is 2. The van der Waals surface area contributed by atoms with Gasteiger partial charge in [0.1, 0.15) is 0 Å². The topological polar surface area (TPSA) is 76.7 Å². The van der Waals surface area contributed by atoms with E-state index in [2.05, 4.69) is 26.6 Å². The van der Waals surface area contributed by atoms with Crippen LogP contribution in [0.25, 0.3) is 0 Å². The van der Waals surface area contributed by atoms with Crippen molar-refractivity contribution in [1.29, 1.82) is 0 Å². The molecule has 1 aromatic carbocycles. The summed E-state index contributed by atoms with van der Waals surface area (Å²) in [4.78, 5) is 23.4. The van der Waals surface area contributed by atoms with E-state index in [0.717, 1.165) is 10.0 Å². The summed E-state index contributed by atoms with van der Waals surface area (Å²) in [5.74, 6) is 0.669. The molecule has 0 aliphatic carbocycles. The van der Waals surface area contributed by atoms with Crippen LogP contribution < -0.4 is 20.1 Å². The van der Waals surface area contributed by atoms with Gasteiger partial charge in [0.25, 0.3) is 0 Å². The minimum absolute atomic E-state index is 0.0398. The number of amides is 2. The Balaban J connectivity index is 2.66. The molecule has 1 rings (SSSR count). The summed E-state index contributed by atoms with van der Waals surface area (Å²) < 4.78 is 11.1. The third-order valence-electron chi connectivity index (χ3n) is 2.80. The lowest BCUT2D eigenvalue weighted by Gasteiger charge is -2.12. The van der Waals surface area contributed by atoms with Gasteiger partial charge < -0.3 is 20.1 Å². The SMILES string of the molecule is COc1cc(Br)c(CC(=O)NCC(=O)NC(C)C)cc1OC. The number of benzene rings is 1. The monoisotopic (exact) mass is 372 g/mol. The molecule has 0 saturated carbocycles. The van der Waals surface area contributed by atoms with E-state index in [9.17, 15) is 9.59 Å². The minimum atomic E-state index is -0.244. The molecular formula is C15H21BrN2O4. The molecule has 2 N–H and O–H groups in total. The molecule has 0 fully saturated rings. The largest absolute Gasteiger partial charge is 0.493 e. The van der Waals surface area contributed by atoms with Crippen molar-refractivity contribution in [2.24, 2.45) is 0 Å². The summed E-state index contributed by atoms with van der Waals surface area (Å²) in [7, 11) is 3.08. The highest BCUT2D eigenvalue weighted by Crippen LogP contribution is 2.33. The number of halogens is 1. The first kappa shape index (κ1) is 18.3. The predicted octanol–water partition coefficient (Wildman–Crippen LogP) is 1.65. The van der Waals surface area contributed by atoms with Gasteiger partial charge in [0.2, 0.25) is 11.8 Å². The summed E-state index contributed by atoms with van der Waals surface area (Å²) in [5, 5.41) is 5.29. The van der Waals surface area contributed by atoms with Gasteiger partial charge in [-0.2, -0.15) is 0 Å². The van der Waals surface area contributed by atoms with Gasteiger partial charge in [-0.05, 0) is 31.5 Å². The van der Waals surface area contributed by atoms with Gasteiger partial charge in [0.05, 0.1) is 27.2 Å². The van der Waals surface area contributed by atoms with E-state index in [1.54, 1.807) is 19.2 Å². The van der Waals surface area contributed by atoms with E-state index in [1.807, 2.05) is 13.8 Å². The molecule has 0 bridgehead atoms. The number of nitrogens with one attached hydrogen (secondary N) is 2. The molecule has 0 atom stereocenters. The Morgan fingerprint density at radius 2 is 1.73 bits per heavy atom. The van der Waals surface area contributed by atoms with E-state index in [4.69, 9.17) is 9.47 Å². The van der Waals surface area contributed by atoms with Crippen LogP contribution in [0.15, 0.2) is 16.6 Å². The normalized spacial score (nSPS) is 10.3. The molecule has 0 saturated heterocycles. The Morgan fingerprint density at radius 3 is 2.27 bits per heavy atom. The molecule has 0 aliphatic rings. The molecule has 0 radical (unpaired) electrons. The summed E-state index contributed by atoms with van der Waals surface area (Å²) in [6.07, 6.45) is 0.135. The van der Waals surface area contributed by atoms with Crippen LogP contribution in [0.2, 0.25) is 0 Å². The molecule has 7 heteroatoms. The molecule has 0 heterocycles. The highest BCUT2D eigenvalue weighted by atomic mass is 79.9. The Morgan fingerprint density at radius 1 is 1.14 bits per heavy atom. The fourth-order valence-corrected chi connectivity index (χ4v) is 2.28. The molecule has 6 nitrogen and oxygen atoms in total. The molecule has 22 heavy (non-hydrogen) atoms. The van der Waals surface area contributed by atoms with E-state index in [1.165, 1.54) is 7.11 Å². The van der Waals surface area contributed by atoms with Crippen LogP contribution >= 0.6 is 15.9 Å². The van der Waals surface area contributed by atoms with Crippen molar-refractivity contribution >= 4 is 27.7 Å². The number of carbonyl (C=O) groups excluding carboxylic acids is 2. The Bertz CT molecular complexity index is 547. The maximum Gasteiger partial charge on any atom is 0.239 e. The first-order valence-corrected chi connectivity index (χ1v) is 7.63. The van der Waals surface area contributed by atoms with Gasteiger partial charge in [-0.25, -0.2) is 0 Å². The van der Waals surface area contributed by atoms with Crippen LogP contribution in [0.4, 0.5) is 0 Å². The van der Waals surface area contributed by atoms with Crippen molar-refractivity contribution in [3.63, 3.8) is 0 Å². The zero-order chi connectivity index (χ0) is 16.7. The highest BCUT2D eigenvalue weighted by Gasteiger charge is 2.13. The fraction of sp³-hybridized carbons (Fsp3) is 0.467. The second-order valence-corrected chi connectivity index (χ2v) is 5.83. The average Bonchev–Trinajstić information content (AvgIpc) is 2.46. The molecule has 0 aromatic heterocycles. The van der Waals surface area contributed by atoms with Crippen LogP contribution in [-0.2, 0) is 16.0 Å². The van der Waals surface area contributed by atoms with E-state index in [0.29, 0.717) is 11.5 Å². The van der Waals surface area contributed by atoms with Crippen LogP contribution in [0.5, 0.6) is 11.5 Å². The Hall–Kier alpha value is -1.76. The third-order valence-corrected chi connectivity index (χ3v) is 3.54. The van der Waals surface area contributed by atoms with Gasteiger partial charge in [-0.15, -0.1) is 0 Å². The smallest absolute Gasteiger partial charge is 0.239 e. The quantitative estimate of drug-likeness (QED) is 0.762. The Labute approximate surface area is 138 Å². The number of rotatable bonds is 7. The molecule has 2 amide bonds. The maximum absolute atomic E-state index is 11.9. The molecule has 0 aliphatic heterocycles. The molecule has 0 unspecified atom stereocenters. The predicted molar refractivity (Wildman–Crippen MR) is 87.2 cm³/mol. The number of carbonyl (C=O) groups is 2. The summed E-state index contributed by atoms with van der Waals surface area (Å²) in [5.41, 5.74) is 0.749. The second-order valence-electron chi connectivity index (χ2n) is 4.97. The lowest BCUT2D eigenvalue weighted by molar-refractivity contribution is -0.126. The summed E-state index contributed by atoms with van der Waals surface area (Å²) in [6.45, 7) is 3.68. The molecule has 0 spiro atoms. The minimum Gasteiger partial charge on any atom is -0.493 e. The van der Waals surface area contributed by atoms with Crippen LogP contribution in [0.1, 0.15) is 19.4 Å². The van der Waals surface area contributed by atoms with Crippen molar-refractivity contribution in [1.82, 2.24) is 10.6 Å². The van der Waals surface area contributed by atoms with Gasteiger partial charge in [0, 0.05) is 10.5 Å².